The molecule has 0 aliphatic rings. The van der Waals surface area contributed by atoms with E-state index in [9.17, 15) is 8.42 Å². The van der Waals surface area contributed by atoms with Gasteiger partial charge in [0.05, 0.1) is 9.92 Å². The van der Waals surface area contributed by atoms with Crippen LogP contribution in [0, 0.1) is 0 Å². The highest BCUT2D eigenvalue weighted by Crippen LogP contribution is 2.24. The van der Waals surface area contributed by atoms with E-state index in [1.807, 2.05) is 13.2 Å². The Hall–Kier alpha value is -0.340. The molecule has 0 spiro atoms. The van der Waals surface area contributed by atoms with Gasteiger partial charge in [-0.25, -0.2) is 8.42 Å². The summed E-state index contributed by atoms with van der Waals surface area (Å²) in [6.07, 6.45) is 2.78. The zero-order valence-electron chi connectivity index (χ0n) is 12.2. The highest BCUT2D eigenvalue weighted by atomic mass is 35.5. The molecule has 1 aromatic carbocycles. The van der Waals surface area contributed by atoms with E-state index >= 15 is 0 Å². The molecule has 0 saturated carbocycles. The Morgan fingerprint density at radius 2 is 2.14 bits per heavy atom. The molecule has 1 rings (SSSR count). The van der Waals surface area contributed by atoms with E-state index in [0.717, 1.165) is 12.2 Å². The van der Waals surface area contributed by atoms with Crippen LogP contribution in [0.2, 0.25) is 5.02 Å². The summed E-state index contributed by atoms with van der Waals surface area (Å²) in [5.41, 5.74) is 6.00. The summed E-state index contributed by atoms with van der Waals surface area (Å²) in [5, 5.41) is 0.244. The summed E-state index contributed by atoms with van der Waals surface area (Å²) < 4.78 is 26.5. The molecule has 0 aromatic heterocycles. The molecule has 0 heterocycles. The van der Waals surface area contributed by atoms with Gasteiger partial charge in [0.25, 0.3) is 0 Å². The van der Waals surface area contributed by atoms with Gasteiger partial charge in [-0.15, -0.1) is 0 Å². The van der Waals surface area contributed by atoms with Gasteiger partial charge in [-0.1, -0.05) is 23.8 Å². The van der Waals surface area contributed by atoms with Crippen LogP contribution in [0.3, 0.4) is 0 Å². The Morgan fingerprint density at radius 1 is 1.52 bits per heavy atom. The van der Waals surface area contributed by atoms with Crippen molar-refractivity contribution in [3.63, 3.8) is 0 Å². The minimum Gasteiger partial charge on any atom is -0.389 e. The molecule has 0 radical (unpaired) electrons. The van der Waals surface area contributed by atoms with Crippen molar-refractivity contribution in [1.29, 1.82) is 0 Å². The number of hydrogen-bond donors (Lipinski definition) is 1. The first-order valence-electron chi connectivity index (χ1n) is 6.28. The number of rotatable bonds is 7. The van der Waals surface area contributed by atoms with Crippen LogP contribution >= 0.6 is 35.6 Å². The van der Waals surface area contributed by atoms with E-state index < -0.39 is 10.0 Å². The number of nitrogens with two attached hydrogens (primary N) is 1. The van der Waals surface area contributed by atoms with Crippen LogP contribution in [0.4, 0.5) is 0 Å². The van der Waals surface area contributed by atoms with Crippen molar-refractivity contribution in [2.45, 2.75) is 24.3 Å². The summed E-state index contributed by atoms with van der Waals surface area (Å²) in [6, 6.07) is 4.32. The smallest absolute Gasteiger partial charge is 0.243 e. The van der Waals surface area contributed by atoms with E-state index in [4.69, 9.17) is 29.6 Å². The zero-order valence-corrected chi connectivity index (χ0v) is 15.4. The van der Waals surface area contributed by atoms with Crippen LogP contribution in [0.15, 0.2) is 23.1 Å². The van der Waals surface area contributed by atoms with Gasteiger partial charge in [0.15, 0.2) is 0 Å². The second kappa shape index (κ2) is 7.78. The number of nitrogens with zero attached hydrogens (tertiary/aromatic N) is 1. The van der Waals surface area contributed by atoms with Crippen LogP contribution < -0.4 is 5.73 Å². The minimum absolute atomic E-state index is 0.0866. The fourth-order valence-corrected chi connectivity index (χ4v) is 4.31. The largest absolute Gasteiger partial charge is 0.389 e. The summed E-state index contributed by atoms with van der Waals surface area (Å²) >= 11 is 12.6. The van der Waals surface area contributed by atoms with Gasteiger partial charge in [0, 0.05) is 18.7 Å². The predicted octanol–water partition coefficient (Wildman–Crippen LogP) is 2.74. The lowest BCUT2D eigenvalue weighted by Crippen LogP contribution is -2.35. The fraction of sp³-hybridized carbons (Fsp3) is 0.462. The topological polar surface area (TPSA) is 63.4 Å². The van der Waals surface area contributed by atoms with Gasteiger partial charge in [-0.3, -0.25) is 0 Å². The molecule has 0 saturated heterocycles. The van der Waals surface area contributed by atoms with Gasteiger partial charge in [-0.05, 0) is 43.6 Å². The van der Waals surface area contributed by atoms with E-state index in [1.54, 1.807) is 18.8 Å². The Morgan fingerprint density at radius 3 is 2.62 bits per heavy atom. The second-order valence-corrected chi connectivity index (χ2v) is 8.49. The van der Waals surface area contributed by atoms with Crippen LogP contribution in [-0.4, -0.2) is 42.8 Å². The number of hydrogen-bond acceptors (Lipinski definition) is 4. The van der Waals surface area contributed by atoms with Crippen molar-refractivity contribution >= 4 is 50.6 Å². The van der Waals surface area contributed by atoms with E-state index in [2.05, 4.69) is 0 Å². The summed E-state index contributed by atoms with van der Waals surface area (Å²) in [6.45, 7) is 1.89. The molecule has 0 fully saturated rings. The maximum absolute atomic E-state index is 12.6. The average Bonchev–Trinajstić information content (AvgIpc) is 2.43. The quantitative estimate of drug-likeness (QED) is 0.752. The van der Waals surface area contributed by atoms with Gasteiger partial charge >= 0.3 is 0 Å². The molecule has 1 atom stereocenters. The van der Waals surface area contributed by atoms with Gasteiger partial charge in [-0.2, -0.15) is 16.1 Å². The van der Waals surface area contributed by atoms with Crippen LogP contribution in [0.25, 0.3) is 0 Å². The molecule has 0 bridgehead atoms. The molecule has 0 aliphatic carbocycles. The number of halogens is 1. The Bertz CT molecular complexity index is 620. The minimum atomic E-state index is -3.58. The second-order valence-electron chi connectivity index (χ2n) is 4.66. The van der Waals surface area contributed by atoms with E-state index in [1.165, 1.54) is 22.5 Å². The number of thiocarbonyl (C=S) groups is 1. The summed E-state index contributed by atoms with van der Waals surface area (Å²) in [4.78, 5) is 0.289. The van der Waals surface area contributed by atoms with Gasteiger partial charge in [0.1, 0.15) is 4.99 Å². The lowest BCUT2D eigenvalue weighted by molar-refractivity contribution is 0.382. The van der Waals surface area contributed by atoms with Crippen molar-refractivity contribution in [3.05, 3.63) is 28.8 Å². The maximum Gasteiger partial charge on any atom is 0.243 e. The Labute approximate surface area is 141 Å². The van der Waals surface area contributed by atoms with Gasteiger partial charge in [0.2, 0.25) is 10.0 Å². The molecular weight excluding hydrogens is 348 g/mol. The number of sulfonamides is 1. The fourth-order valence-electron chi connectivity index (χ4n) is 1.73. The lowest BCUT2D eigenvalue weighted by Gasteiger charge is -2.24. The highest BCUT2D eigenvalue weighted by Gasteiger charge is 2.25. The van der Waals surface area contributed by atoms with Crippen molar-refractivity contribution < 1.29 is 8.42 Å². The third kappa shape index (κ3) is 4.56. The molecular formula is C13H19ClN2O2S3. The summed E-state index contributed by atoms with van der Waals surface area (Å²) in [5.74, 6) is 0.905. The summed E-state index contributed by atoms with van der Waals surface area (Å²) in [7, 11) is -2.00. The third-order valence-corrected chi connectivity index (χ3v) is 6.39. The maximum atomic E-state index is 12.6. The van der Waals surface area contributed by atoms with Crippen LogP contribution in [0.1, 0.15) is 18.9 Å². The molecule has 4 nitrogen and oxygen atoms in total. The molecule has 118 valence electrons. The molecule has 2 N–H and O–H groups in total. The van der Waals surface area contributed by atoms with E-state index in [-0.39, 0.29) is 20.9 Å². The molecule has 1 unspecified atom stereocenters. The molecule has 0 aliphatic heterocycles. The normalized spacial score (nSPS) is 13.4. The first kappa shape index (κ1) is 18.7. The van der Waals surface area contributed by atoms with Crippen molar-refractivity contribution in [2.24, 2.45) is 5.73 Å². The van der Waals surface area contributed by atoms with Crippen molar-refractivity contribution in [2.75, 3.05) is 19.1 Å². The first-order valence-corrected chi connectivity index (χ1v) is 9.90. The Balaban J connectivity index is 3.08. The van der Waals surface area contributed by atoms with E-state index in [0.29, 0.717) is 5.56 Å². The zero-order chi connectivity index (χ0) is 16.2. The number of thioether (sulfide) groups is 1. The lowest BCUT2D eigenvalue weighted by atomic mass is 10.2. The Kier molecular flexibility index (Phi) is 6.93. The third-order valence-electron chi connectivity index (χ3n) is 3.24. The van der Waals surface area contributed by atoms with Crippen LogP contribution in [-0.2, 0) is 10.0 Å². The highest BCUT2D eigenvalue weighted by molar-refractivity contribution is 7.98. The van der Waals surface area contributed by atoms with Crippen LogP contribution in [0.5, 0.6) is 0 Å². The average molecular weight is 367 g/mol. The molecule has 8 heteroatoms. The monoisotopic (exact) mass is 366 g/mol. The van der Waals surface area contributed by atoms with Crippen molar-refractivity contribution in [1.82, 2.24) is 4.31 Å². The molecule has 0 amide bonds. The SMILES string of the molecule is CSCCC(C)N(C)S(=O)(=O)c1ccc(C(N)=S)c(Cl)c1. The molecule has 1 aromatic rings. The molecule has 21 heavy (non-hydrogen) atoms. The number of benzene rings is 1. The van der Waals surface area contributed by atoms with Crippen molar-refractivity contribution in [3.8, 4) is 0 Å². The van der Waals surface area contributed by atoms with Gasteiger partial charge < -0.3 is 5.73 Å². The predicted molar refractivity (Wildman–Crippen MR) is 94.7 cm³/mol. The standard InChI is InChI=1S/C13H19ClN2O2S3/c1-9(6-7-20-3)16(2)21(17,18)10-4-5-11(13(15)19)12(14)8-10/h4-5,8-9H,6-7H2,1-3H3,(H2,15,19). The first-order chi connectivity index (χ1) is 9.71.